The molecule has 6 atom stereocenters. The molecule has 0 radical (unpaired) electrons. The molecule has 2 amide bonds. The number of ether oxygens (including phenoxy) is 2. The number of para-hydroxylation sites is 1. The van der Waals surface area contributed by atoms with Crippen LogP contribution in [0, 0.1) is 11.8 Å². The van der Waals surface area contributed by atoms with Crippen LogP contribution in [0.1, 0.15) is 13.3 Å². The average molecular weight is 494 g/mol. The molecule has 1 unspecified atom stereocenters. The van der Waals surface area contributed by atoms with Crippen molar-refractivity contribution in [2.75, 3.05) is 19.8 Å². The Labute approximate surface area is 206 Å². The van der Waals surface area contributed by atoms with E-state index in [1.807, 2.05) is 30.3 Å². The molecule has 4 aliphatic heterocycles. The second-order valence-corrected chi connectivity index (χ2v) is 9.69. The molecule has 6 rings (SSSR count). The van der Waals surface area contributed by atoms with Gasteiger partial charge in [0.2, 0.25) is 5.91 Å². The number of nitrogens with zero attached hydrogens (tertiary/aromatic N) is 5. The molecule has 36 heavy (non-hydrogen) atoms. The van der Waals surface area contributed by atoms with Crippen LogP contribution in [-0.2, 0) is 30.5 Å². The molecular formula is C25H27N5O6. The lowest BCUT2D eigenvalue weighted by Gasteiger charge is -2.37. The predicted molar refractivity (Wildman–Crippen MR) is 125 cm³/mol. The minimum atomic E-state index is -1.36. The number of fused-ring (bicyclic) bond motifs is 3. The van der Waals surface area contributed by atoms with Crippen LogP contribution in [-0.4, -0.2) is 91.2 Å². The highest BCUT2D eigenvalue weighted by molar-refractivity contribution is 5.99. The van der Waals surface area contributed by atoms with Crippen molar-refractivity contribution in [3.8, 4) is 0 Å². The first kappa shape index (κ1) is 22.9. The minimum absolute atomic E-state index is 0.116. The van der Waals surface area contributed by atoms with E-state index in [0.717, 1.165) is 5.52 Å². The lowest BCUT2D eigenvalue weighted by molar-refractivity contribution is -0.156. The molecule has 1 aromatic heterocycles. The number of carbonyl (C=O) groups is 3. The van der Waals surface area contributed by atoms with Crippen molar-refractivity contribution in [1.82, 2.24) is 24.8 Å². The third kappa shape index (κ3) is 3.22. The van der Waals surface area contributed by atoms with Crippen LogP contribution in [0.4, 0.5) is 0 Å². The summed E-state index contributed by atoms with van der Waals surface area (Å²) in [7, 11) is 0. The third-order valence-corrected chi connectivity index (χ3v) is 7.61. The fraction of sp³-hybridized carbons (Fsp3) is 0.480. The number of cyclic esters (lactones) is 1. The number of hydrogen-bond acceptors (Lipinski definition) is 8. The van der Waals surface area contributed by atoms with Gasteiger partial charge in [-0.2, -0.15) is 0 Å². The van der Waals surface area contributed by atoms with E-state index in [1.165, 1.54) is 4.90 Å². The van der Waals surface area contributed by atoms with Gasteiger partial charge in [0.25, 0.3) is 5.91 Å². The first-order chi connectivity index (χ1) is 17.5. The molecule has 1 spiro atoms. The van der Waals surface area contributed by atoms with Crippen LogP contribution in [0.3, 0.4) is 0 Å². The number of likely N-dealkylation sites (tertiary alicyclic amines) is 1. The Bertz CT molecular complexity index is 1290. The van der Waals surface area contributed by atoms with E-state index >= 15 is 0 Å². The molecule has 1 aromatic carbocycles. The molecular weight excluding hydrogens is 466 g/mol. The summed E-state index contributed by atoms with van der Waals surface area (Å²) in [4.78, 5) is 44.0. The number of hydrogen-bond donors (Lipinski definition) is 1. The van der Waals surface area contributed by atoms with Gasteiger partial charge < -0.3 is 24.4 Å². The lowest BCUT2D eigenvalue weighted by Crippen LogP contribution is -2.57. The maximum Gasteiger partial charge on any atom is 0.312 e. The second kappa shape index (κ2) is 8.52. The number of carbonyl (C=O) groups excluding carboxylic acids is 3. The van der Waals surface area contributed by atoms with Gasteiger partial charge in [0.1, 0.15) is 29.7 Å². The largest absolute Gasteiger partial charge is 0.465 e. The average Bonchev–Trinajstić information content (AvgIpc) is 3.46. The van der Waals surface area contributed by atoms with Gasteiger partial charge in [-0.15, -0.1) is 5.10 Å². The SMILES string of the molecule is C[C@H](CO)N1C(=O)[C@@H]2[C@H]3C(=O)OCCC=C[C@H]3O[C@@]23C=CCN(Cn2nnc4ccccc42)C(=O)C13. The summed E-state index contributed by atoms with van der Waals surface area (Å²) in [5, 5.41) is 18.4. The maximum absolute atomic E-state index is 14.2. The molecule has 11 heteroatoms. The molecule has 0 aliphatic carbocycles. The van der Waals surface area contributed by atoms with Crippen LogP contribution in [0.25, 0.3) is 11.0 Å². The van der Waals surface area contributed by atoms with Crippen LogP contribution in [0.15, 0.2) is 48.6 Å². The highest BCUT2D eigenvalue weighted by Crippen LogP contribution is 2.53. The zero-order valence-corrected chi connectivity index (χ0v) is 19.8. The number of aliphatic hydroxyl groups is 1. The van der Waals surface area contributed by atoms with E-state index in [4.69, 9.17) is 9.47 Å². The summed E-state index contributed by atoms with van der Waals surface area (Å²) < 4.78 is 13.5. The first-order valence-corrected chi connectivity index (χ1v) is 12.1. The molecule has 5 heterocycles. The molecule has 4 aliphatic rings. The van der Waals surface area contributed by atoms with Gasteiger partial charge in [-0.25, -0.2) is 4.68 Å². The van der Waals surface area contributed by atoms with E-state index < -0.39 is 47.5 Å². The Morgan fingerprint density at radius 3 is 2.86 bits per heavy atom. The van der Waals surface area contributed by atoms with Crippen LogP contribution >= 0.6 is 0 Å². The van der Waals surface area contributed by atoms with E-state index in [-0.39, 0.29) is 32.3 Å². The van der Waals surface area contributed by atoms with Crippen molar-refractivity contribution in [2.24, 2.45) is 11.8 Å². The van der Waals surface area contributed by atoms with Crippen molar-refractivity contribution >= 4 is 28.8 Å². The van der Waals surface area contributed by atoms with Crippen LogP contribution < -0.4 is 0 Å². The van der Waals surface area contributed by atoms with E-state index in [0.29, 0.717) is 11.9 Å². The van der Waals surface area contributed by atoms with Gasteiger partial charge in [0, 0.05) is 6.54 Å². The van der Waals surface area contributed by atoms with E-state index in [2.05, 4.69) is 10.3 Å². The van der Waals surface area contributed by atoms with Crippen molar-refractivity contribution < 1.29 is 29.0 Å². The third-order valence-electron chi connectivity index (χ3n) is 7.61. The molecule has 1 N–H and O–H groups in total. The molecule has 2 fully saturated rings. The second-order valence-electron chi connectivity index (χ2n) is 9.69. The standard InChI is InChI=1S/C25H27N5O6/c1-15(13-31)30-21-23(33)28(14-29-17-8-3-2-7-16(17)26-27-29)11-6-10-25(21)20(22(30)32)19-18(36-25)9-4-5-12-35-24(19)34/h2-4,6-10,15,18-21,31H,5,11-14H2,1H3/t15-,18-,19+,20+,21?,25+/m1/s1. The molecule has 2 saturated heterocycles. The molecule has 11 nitrogen and oxygen atoms in total. The van der Waals surface area contributed by atoms with Crippen molar-refractivity contribution in [1.29, 1.82) is 0 Å². The Morgan fingerprint density at radius 1 is 1.19 bits per heavy atom. The fourth-order valence-corrected chi connectivity index (χ4v) is 5.97. The molecule has 0 saturated carbocycles. The fourth-order valence-electron chi connectivity index (χ4n) is 5.97. The summed E-state index contributed by atoms with van der Waals surface area (Å²) >= 11 is 0. The normalized spacial score (nSPS) is 32.6. The lowest BCUT2D eigenvalue weighted by atomic mass is 9.78. The van der Waals surface area contributed by atoms with Crippen molar-refractivity contribution in [3.05, 3.63) is 48.6 Å². The van der Waals surface area contributed by atoms with Gasteiger partial charge in [-0.3, -0.25) is 14.4 Å². The van der Waals surface area contributed by atoms with Crippen LogP contribution in [0.5, 0.6) is 0 Å². The van der Waals surface area contributed by atoms with Gasteiger partial charge in [-0.05, 0) is 25.5 Å². The van der Waals surface area contributed by atoms with Gasteiger partial charge >= 0.3 is 5.97 Å². The minimum Gasteiger partial charge on any atom is -0.465 e. The number of benzene rings is 1. The smallest absolute Gasteiger partial charge is 0.312 e. The summed E-state index contributed by atoms with van der Waals surface area (Å²) in [6, 6.07) is 5.74. The predicted octanol–water partition coefficient (Wildman–Crippen LogP) is 0.252. The number of aliphatic hydroxyl groups excluding tert-OH is 1. The summed E-state index contributed by atoms with van der Waals surface area (Å²) in [5.41, 5.74) is 0.122. The van der Waals surface area contributed by atoms with Crippen molar-refractivity contribution in [2.45, 2.75) is 43.8 Å². The number of aromatic nitrogens is 3. The summed E-state index contributed by atoms with van der Waals surface area (Å²) in [6.45, 7) is 1.94. The monoisotopic (exact) mass is 493 g/mol. The highest BCUT2D eigenvalue weighted by Gasteiger charge is 2.72. The topological polar surface area (TPSA) is 127 Å². The molecule has 188 valence electrons. The van der Waals surface area contributed by atoms with Crippen LogP contribution in [0.2, 0.25) is 0 Å². The zero-order chi connectivity index (χ0) is 25.0. The molecule has 2 aromatic rings. The number of amides is 2. The maximum atomic E-state index is 14.2. The number of esters is 1. The Balaban J connectivity index is 1.42. The highest BCUT2D eigenvalue weighted by atomic mass is 16.6. The Hall–Kier alpha value is -3.57. The van der Waals surface area contributed by atoms with Gasteiger partial charge in [0.05, 0.1) is 36.8 Å². The van der Waals surface area contributed by atoms with Gasteiger partial charge in [-0.1, -0.05) is 41.7 Å². The quantitative estimate of drug-likeness (QED) is 0.475. The summed E-state index contributed by atoms with van der Waals surface area (Å²) in [6.07, 6.45) is 7.09. The Kier molecular flexibility index (Phi) is 5.41. The molecule has 0 bridgehead atoms. The first-order valence-electron chi connectivity index (χ1n) is 12.1. The Morgan fingerprint density at radius 2 is 2.03 bits per heavy atom. The summed E-state index contributed by atoms with van der Waals surface area (Å²) in [5.74, 6) is -3.07. The van der Waals surface area contributed by atoms with Gasteiger partial charge in [0.15, 0.2) is 0 Å². The van der Waals surface area contributed by atoms with E-state index in [1.54, 1.807) is 34.7 Å². The zero-order valence-electron chi connectivity index (χ0n) is 19.8. The van der Waals surface area contributed by atoms with E-state index in [9.17, 15) is 19.5 Å². The van der Waals surface area contributed by atoms with Crippen molar-refractivity contribution in [3.63, 3.8) is 0 Å². The number of rotatable bonds is 4.